The first-order valence-corrected chi connectivity index (χ1v) is 12.5. The molecule has 1 aliphatic carbocycles. The standard InChI is InChI=1S/C28H34N2O5/c1-3-8-19(15-26(31)30-14-13-18(2)24(16-30)27(32)33)29-28(34)35-17-25-22-11-6-4-9-20(22)21-10-5-7-12-23(21)25/h4-7,9-12,18-19,24-25H,3,8,13-17H2,1-2H3,(H,29,34)(H,32,33)/t18?,19-,24?/m0/s1. The number of carboxylic acids is 1. The highest BCUT2D eigenvalue weighted by atomic mass is 16.5. The van der Waals surface area contributed by atoms with Crippen LogP contribution in [0.4, 0.5) is 4.79 Å². The first-order valence-electron chi connectivity index (χ1n) is 12.5. The number of amides is 2. The average molecular weight is 479 g/mol. The van der Waals surface area contributed by atoms with Gasteiger partial charge in [0.15, 0.2) is 0 Å². The summed E-state index contributed by atoms with van der Waals surface area (Å²) in [4.78, 5) is 38.8. The van der Waals surface area contributed by atoms with Gasteiger partial charge in [0.05, 0.1) is 5.92 Å². The van der Waals surface area contributed by atoms with Crippen LogP contribution in [0.3, 0.4) is 0 Å². The Morgan fingerprint density at radius 1 is 1.09 bits per heavy atom. The first kappa shape index (κ1) is 24.8. The molecule has 1 saturated heterocycles. The number of alkyl carbamates (subject to hydrolysis) is 1. The third kappa shape index (κ3) is 5.50. The summed E-state index contributed by atoms with van der Waals surface area (Å²) in [6, 6.07) is 16.0. The van der Waals surface area contributed by atoms with E-state index < -0.39 is 18.0 Å². The van der Waals surface area contributed by atoms with Gasteiger partial charge in [-0.2, -0.15) is 0 Å². The summed E-state index contributed by atoms with van der Waals surface area (Å²) in [5.74, 6) is -1.52. The normalized spacial score (nSPS) is 20.0. The number of likely N-dealkylation sites (tertiary alicyclic amines) is 1. The molecule has 7 nitrogen and oxygen atoms in total. The van der Waals surface area contributed by atoms with Gasteiger partial charge < -0.3 is 20.1 Å². The lowest BCUT2D eigenvalue weighted by atomic mass is 9.87. The highest BCUT2D eigenvalue weighted by Crippen LogP contribution is 2.44. The largest absolute Gasteiger partial charge is 0.481 e. The summed E-state index contributed by atoms with van der Waals surface area (Å²) in [5, 5.41) is 12.3. The molecule has 2 unspecified atom stereocenters. The first-order chi connectivity index (χ1) is 16.9. The Labute approximate surface area is 206 Å². The van der Waals surface area contributed by atoms with E-state index >= 15 is 0 Å². The summed E-state index contributed by atoms with van der Waals surface area (Å²) in [5.41, 5.74) is 4.63. The van der Waals surface area contributed by atoms with E-state index in [1.807, 2.05) is 38.1 Å². The second kappa shape index (κ2) is 10.9. The van der Waals surface area contributed by atoms with Gasteiger partial charge in [0.1, 0.15) is 6.61 Å². The molecular weight excluding hydrogens is 444 g/mol. The molecule has 1 aliphatic heterocycles. The van der Waals surface area contributed by atoms with Crippen LogP contribution in [0.1, 0.15) is 56.6 Å². The van der Waals surface area contributed by atoms with Gasteiger partial charge in [-0.1, -0.05) is 68.8 Å². The van der Waals surface area contributed by atoms with Crippen molar-refractivity contribution in [3.63, 3.8) is 0 Å². The lowest BCUT2D eigenvalue weighted by Crippen LogP contribution is -2.48. The van der Waals surface area contributed by atoms with E-state index in [9.17, 15) is 19.5 Å². The lowest BCUT2D eigenvalue weighted by molar-refractivity contribution is -0.148. The number of rotatable bonds is 8. The molecule has 2 aromatic rings. The van der Waals surface area contributed by atoms with Crippen LogP contribution in [0.25, 0.3) is 11.1 Å². The fraction of sp³-hybridized carbons (Fsp3) is 0.464. The number of hydrogen-bond acceptors (Lipinski definition) is 4. The number of benzene rings is 2. The monoisotopic (exact) mass is 478 g/mol. The van der Waals surface area contributed by atoms with Crippen LogP contribution in [0.5, 0.6) is 0 Å². The summed E-state index contributed by atoms with van der Waals surface area (Å²) in [7, 11) is 0. The van der Waals surface area contributed by atoms with E-state index in [1.165, 1.54) is 11.1 Å². The zero-order chi connectivity index (χ0) is 24.9. The maximum Gasteiger partial charge on any atom is 0.407 e. The van der Waals surface area contributed by atoms with E-state index in [0.29, 0.717) is 19.4 Å². The second-order valence-electron chi connectivity index (χ2n) is 9.71. The minimum absolute atomic E-state index is 0.0253. The van der Waals surface area contributed by atoms with Crippen molar-refractivity contribution in [1.29, 1.82) is 0 Å². The Hall–Kier alpha value is -3.35. The molecule has 186 valence electrons. The number of nitrogens with zero attached hydrogens (tertiary/aromatic N) is 1. The van der Waals surface area contributed by atoms with Crippen molar-refractivity contribution >= 4 is 18.0 Å². The highest BCUT2D eigenvalue weighted by molar-refractivity contribution is 5.80. The van der Waals surface area contributed by atoms with Crippen molar-refractivity contribution in [3.05, 3.63) is 59.7 Å². The summed E-state index contributed by atoms with van der Waals surface area (Å²) < 4.78 is 5.65. The molecule has 35 heavy (non-hydrogen) atoms. The average Bonchev–Trinajstić information content (AvgIpc) is 3.16. The Morgan fingerprint density at radius 2 is 1.71 bits per heavy atom. The fourth-order valence-corrected chi connectivity index (χ4v) is 5.34. The van der Waals surface area contributed by atoms with Gasteiger partial charge in [-0.3, -0.25) is 9.59 Å². The van der Waals surface area contributed by atoms with E-state index in [-0.39, 0.29) is 43.4 Å². The number of carbonyl (C=O) groups excluding carboxylic acids is 2. The van der Waals surface area contributed by atoms with Gasteiger partial charge in [-0.15, -0.1) is 0 Å². The lowest BCUT2D eigenvalue weighted by Gasteiger charge is -2.35. The predicted molar refractivity (Wildman–Crippen MR) is 133 cm³/mol. The van der Waals surface area contributed by atoms with Crippen molar-refractivity contribution in [2.24, 2.45) is 11.8 Å². The fourth-order valence-electron chi connectivity index (χ4n) is 5.34. The number of carbonyl (C=O) groups is 3. The molecule has 1 heterocycles. The molecule has 2 N–H and O–H groups in total. The van der Waals surface area contributed by atoms with Gasteiger partial charge >= 0.3 is 12.1 Å². The van der Waals surface area contributed by atoms with Crippen molar-refractivity contribution in [2.45, 2.75) is 51.5 Å². The zero-order valence-electron chi connectivity index (χ0n) is 20.4. The number of ether oxygens (including phenoxy) is 1. The molecule has 2 amide bonds. The molecule has 3 atom stereocenters. The predicted octanol–water partition coefficient (Wildman–Crippen LogP) is 4.65. The minimum Gasteiger partial charge on any atom is -0.481 e. The maximum absolute atomic E-state index is 12.9. The van der Waals surface area contributed by atoms with Gasteiger partial charge in [0, 0.05) is 31.5 Å². The molecular formula is C28H34N2O5. The van der Waals surface area contributed by atoms with E-state index in [4.69, 9.17) is 4.74 Å². The molecule has 7 heteroatoms. The van der Waals surface area contributed by atoms with E-state index in [1.54, 1.807) is 4.90 Å². The molecule has 1 fully saturated rings. The van der Waals surface area contributed by atoms with Crippen molar-refractivity contribution < 1.29 is 24.2 Å². The van der Waals surface area contributed by atoms with Crippen LogP contribution in [-0.4, -0.2) is 53.7 Å². The third-order valence-corrected chi connectivity index (χ3v) is 7.35. The van der Waals surface area contributed by atoms with Crippen LogP contribution >= 0.6 is 0 Å². The number of piperidine rings is 1. The Morgan fingerprint density at radius 3 is 2.31 bits per heavy atom. The third-order valence-electron chi connectivity index (χ3n) is 7.35. The van der Waals surface area contributed by atoms with Gasteiger partial charge in [0.25, 0.3) is 0 Å². The van der Waals surface area contributed by atoms with E-state index in [2.05, 4.69) is 29.6 Å². The molecule has 4 rings (SSSR count). The van der Waals surface area contributed by atoms with Crippen molar-refractivity contribution in [2.75, 3.05) is 19.7 Å². The number of aliphatic carboxylic acids is 1. The van der Waals surface area contributed by atoms with Crippen molar-refractivity contribution in [1.82, 2.24) is 10.2 Å². The molecule has 0 radical (unpaired) electrons. The van der Waals surface area contributed by atoms with Crippen LogP contribution < -0.4 is 5.32 Å². The molecule has 2 aromatic carbocycles. The Kier molecular flexibility index (Phi) is 7.73. The Bertz CT molecular complexity index is 1040. The molecule has 2 aliphatic rings. The Balaban J connectivity index is 1.35. The molecule has 0 aromatic heterocycles. The van der Waals surface area contributed by atoms with Crippen molar-refractivity contribution in [3.8, 4) is 11.1 Å². The van der Waals surface area contributed by atoms with Crippen LogP contribution in [0, 0.1) is 11.8 Å². The second-order valence-corrected chi connectivity index (χ2v) is 9.71. The highest BCUT2D eigenvalue weighted by Gasteiger charge is 2.34. The summed E-state index contributed by atoms with van der Waals surface area (Å²) >= 11 is 0. The van der Waals surface area contributed by atoms with Crippen LogP contribution in [0.15, 0.2) is 48.5 Å². The quantitative estimate of drug-likeness (QED) is 0.576. The van der Waals surface area contributed by atoms with Gasteiger partial charge in [0.2, 0.25) is 5.91 Å². The summed E-state index contributed by atoms with van der Waals surface area (Å²) in [6.07, 6.45) is 1.72. The van der Waals surface area contributed by atoms with Crippen LogP contribution in [0.2, 0.25) is 0 Å². The number of nitrogens with one attached hydrogen (secondary N) is 1. The summed E-state index contributed by atoms with van der Waals surface area (Å²) in [6.45, 7) is 4.91. The number of hydrogen-bond donors (Lipinski definition) is 2. The maximum atomic E-state index is 12.9. The van der Waals surface area contributed by atoms with Gasteiger partial charge in [-0.05, 0) is 41.0 Å². The van der Waals surface area contributed by atoms with Gasteiger partial charge in [-0.25, -0.2) is 4.79 Å². The van der Waals surface area contributed by atoms with Crippen LogP contribution in [-0.2, 0) is 14.3 Å². The number of fused-ring (bicyclic) bond motifs is 3. The minimum atomic E-state index is -0.864. The van der Waals surface area contributed by atoms with E-state index in [0.717, 1.165) is 17.5 Å². The smallest absolute Gasteiger partial charge is 0.407 e. The zero-order valence-corrected chi connectivity index (χ0v) is 20.4. The molecule has 0 saturated carbocycles. The molecule has 0 bridgehead atoms. The topological polar surface area (TPSA) is 95.9 Å². The SMILES string of the molecule is CCC[C@@H](CC(=O)N1CCC(C)C(C(=O)O)C1)NC(=O)OCC1c2ccccc2-c2ccccc21. The molecule has 0 spiro atoms. The number of carboxylic acid groups (broad SMARTS) is 1.